The van der Waals surface area contributed by atoms with E-state index in [4.69, 9.17) is 9.47 Å². The van der Waals surface area contributed by atoms with Crippen LogP contribution in [0, 0.1) is 11.3 Å². The highest BCUT2D eigenvalue weighted by atomic mass is 16.5. The molecule has 18 heavy (non-hydrogen) atoms. The number of carbonyl (C=O) groups is 2. The second kappa shape index (κ2) is 4.88. The fourth-order valence-corrected chi connectivity index (χ4v) is 3.37. The van der Waals surface area contributed by atoms with Gasteiger partial charge in [-0.25, -0.2) is 0 Å². The number of aliphatic hydroxyl groups excluding tert-OH is 1. The highest BCUT2D eigenvalue weighted by Gasteiger charge is 2.59. The molecule has 4 unspecified atom stereocenters. The molecule has 0 radical (unpaired) electrons. The highest BCUT2D eigenvalue weighted by Crippen LogP contribution is 2.53. The van der Waals surface area contributed by atoms with Crippen LogP contribution in [-0.4, -0.2) is 35.9 Å². The van der Waals surface area contributed by atoms with Crippen LogP contribution in [0.3, 0.4) is 0 Å². The van der Waals surface area contributed by atoms with Crippen molar-refractivity contribution in [1.29, 1.82) is 0 Å². The Labute approximate surface area is 106 Å². The molecular formula is C13H20O5. The van der Waals surface area contributed by atoms with Crippen molar-refractivity contribution in [3.8, 4) is 0 Å². The maximum Gasteiger partial charge on any atom is 0.314 e. The van der Waals surface area contributed by atoms with Crippen molar-refractivity contribution in [1.82, 2.24) is 0 Å². The predicted molar refractivity (Wildman–Crippen MR) is 62.6 cm³/mol. The molecule has 1 N–H and O–H groups in total. The molecule has 102 valence electrons. The third-order valence-electron chi connectivity index (χ3n) is 4.25. The first-order chi connectivity index (χ1) is 8.51. The quantitative estimate of drug-likeness (QED) is 0.764. The van der Waals surface area contributed by atoms with Crippen LogP contribution in [0.4, 0.5) is 0 Å². The van der Waals surface area contributed by atoms with Gasteiger partial charge in [0.25, 0.3) is 0 Å². The lowest BCUT2D eigenvalue weighted by atomic mass is 9.72. The van der Waals surface area contributed by atoms with Gasteiger partial charge in [-0.2, -0.15) is 0 Å². The second-order valence-corrected chi connectivity index (χ2v) is 5.21. The van der Waals surface area contributed by atoms with Gasteiger partial charge in [0, 0.05) is 12.8 Å². The Bertz CT molecular complexity index is 353. The van der Waals surface area contributed by atoms with E-state index in [1.807, 2.05) is 0 Å². The van der Waals surface area contributed by atoms with E-state index < -0.39 is 11.5 Å². The van der Waals surface area contributed by atoms with Gasteiger partial charge in [-0.3, -0.25) is 9.59 Å². The molecule has 0 aromatic carbocycles. The molecule has 4 atom stereocenters. The molecule has 0 saturated heterocycles. The highest BCUT2D eigenvalue weighted by molar-refractivity contribution is 5.78. The number of hydrogen-bond acceptors (Lipinski definition) is 5. The minimum absolute atomic E-state index is 0.132. The van der Waals surface area contributed by atoms with E-state index in [0.29, 0.717) is 32.3 Å². The summed E-state index contributed by atoms with van der Waals surface area (Å²) in [5.74, 6) is -0.768. The van der Waals surface area contributed by atoms with Crippen LogP contribution in [0.5, 0.6) is 0 Å². The number of fused-ring (bicyclic) bond motifs is 2. The molecule has 0 aromatic rings. The van der Waals surface area contributed by atoms with Gasteiger partial charge in [0.05, 0.1) is 18.1 Å². The van der Waals surface area contributed by atoms with Crippen molar-refractivity contribution in [3.63, 3.8) is 0 Å². The monoisotopic (exact) mass is 256 g/mol. The average Bonchev–Trinajstić information content (AvgIpc) is 2.52. The van der Waals surface area contributed by atoms with Crippen molar-refractivity contribution < 1.29 is 24.2 Å². The first kappa shape index (κ1) is 13.3. The lowest BCUT2D eigenvalue weighted by Crippen LogP contribution is -2.49. The first-order valence-corrected chi connectivity index (χ1v) is 6.54. The van der Waals surface area contributed by atoms with Gasteiger partial charge >= 0.3 is 11.9 Å². The Morgan fingerprint density at radius 3 is 2.61 bits per heavy atom. The summed E-state index contributed by atoms with van der Waals surface area (Å²) >= 11 is 0. The number of rotatable bonds is 3. The third kappa shape index (κ3) is 2.00. The molecule has 5 heteroatoms. The van der Waals surface area contributed by atoms with Crippen LogP contribution < -0.4 is 0 Å². The number of aliphatic hydroxyl groups is 1. The topological polar surface area (TPSA) is 72.8 Å². The summed E-state index contributed by atoms with van der Waals surface area (Å²) in [5, 5.41) is 10.3. The summed E-state index contributed by atoms with van der Waals surface area (Å²) in [6.07, 6.45) is 1.46. The summed E-state index contributed by atoms with van der Waals surface area (Å²) < 4.78 is 10.3. The standard InChI is InChI=1S/C13H20O5/c1-3-17-12(16)13-6-4-9(11(13)15)10(5-7-13)18-8(2)14/h9-11,15H,3-7H2,1-2H3. The van der Waals surface area contributed by atoms with E-state index in [1.165, 1.54) is 6.92 Å². The molecule has 5 nitrogen and oxygen atoms in total. The summed E-state index contributed by atoms with van der Waals surface area (Å²) in [5.41, 5.74) is -0.767. The summed E-state index contributed by atoms with van der Waals surface area (Å²) in [4.78, 5) is 23.0. The van der Waals surface area contributed by atoms with E-state index in [2.05, 4.69) is 0 Å². The van der Waals surface area contributed by atoms with Crippen LogP contribution in [0.15, 0.2) is 0 Å². The minimum Gasteiger partial charge on any atom is -0.465 e. The number of esters is 2. The van der Waals surface area contributed by atoms with Crippen molar-refractivity contribution >= 4 is 11.9 Å². The Hall–Kier alpha value is -1.10. The van der Waals surface area contributed by atoms with E-state index in [9.17, 15) is 14.7 Å². The van der Waals surface area contributed by atoms with Crippen LogP contribution in [0.1, 0.15) is 39.5 Å². The molecule has 0 heterocycles. The van der Waals surface area contributed by atoms with E-state index in [0.717, 1.165) is 0 Å². The lowest BCUT2D eigenvalue weighted by molar-refractivity contribution is -0.173. The lowest BCUT2D eigenvalue weighted by Gasteiger charge is -2.39. The zero-order valence-electron chi connectivity index (χ0n) is 10.8. The fourth-order valence-electron chi connectivity index (χ4n) is 3.37. The van der Waals surface area contributed by atoms with Gasteiger partial charge in [-0.15, -0.1) is 0 Å². The summed E-state index contributed by atoms with van der Waals surface area (Å²) in [6.45, 7) is 3.46. The van der Waals surface area contributed by atoms with Crippen molar-refractivity contribution in [3.05, 3.63) is 0 Å². The Morgan fingerprint density at radius 1 is 1.33 bits per heavy atom. The van der Waals surface area contributed by atoms with E-state index in [-0.39, 0.29) is 24.0 Å². The number of carbonyl (C=O) groups excluding carboxylic acids is 2. The second-order valence-electron chi connectivity index (χ2n) is 5.21. The number of hydrogen-bond donors (Lipinski definition) is 1. The molecule has 2 bridgehead atoms. The van der Waals surface area contributed by atoms with Gasteiger partial charge in [-0.1, -0.05) is 0 Å². The summed E-state index contributed by atoms with van der Waals surface area (Å²) in [7, 11) is 0. The van der Waals surface area contributed by atoms with Gasteiger partial charge in [-0.05, 0) is 32.6 Å². The molecule has 0 spiro atoms. The fraction of sp³-hybridized carbons (Fsp3) is 0.846. The maximum atomic E-state index is 12.0. The first-order valence-electron chi connectivity index (χ1n) is 6.54. The zero-order valence-corrected chi connectivity index (χ0v) is 10.8. The Morgan fingerprint density at radius 2 is 2.00 bits per heavy atom. The molecule has 2 aliphatic carbocycles. The van der Waals surface area contributed by atoms with Gasteiger partial charge in [0.2, 0.25) is 0 Å². The van der Waals surface area contributed by atoms with Crippen LogP contribution >= 0.6 is 0 Å². The minimum atomic E-state index is -0.767. The summed E-state index contributed by atoms with van der Waals surface area (Å²) in [6, 6.07) is 0. The zero-order chi connectivity index (χ0) is 13.3. The average molecular weight is 256 g/mol. The van der Waals surface area contributed by atoms with E-state index in [1.54, 1.807) is 6.92 Å². The van der Waals surface area contributed by atoms with Gasteiger partial charge in [0.1, 0.15) is 6.10 Å². The predicted octanol–water partition coefficient (Wildman–Crippen LogP) is 1.03. The molecule has 2 rings (SSSR count). The molecule has 0 amide bonds. The largest absolute Gasteiger partial charge is 0.465 e. The maximum absolute atomic E-state index is 12.0. The van der Waals surface area contributed by atoms with Crippen molar-refractivity contribution in [2.75, 3.05) is 6.61 Å². The Balaban J connectivity index is 2.12. The smallest absolute Gasteiger partial charge is 0.314 e. The van der Waals surface area contributed by atoms with Gasteiger partial charge in [0.15, 0.2) is 0 Å². The van der Waals surface area contributed by atoms with Crippen molar-refractivity contribution in [2.24, 2.45) is 11.3 Å². The molecule has 0 aliphatic heterocycles. The van der Waals surface area contributed by atoms with Crippen LogP contribution in [0.2, 0.25) is 0 Å². The molecule has 2 saturated carbocycles. The molecule has 0 aromatic heterocycles. The van der Waals surface area contributed by atoms with E-state index >= 15 is 0 Å². The third-order valence-corrected chi connectivity index (χ3v) is 4.25. The Kier molecular flexibility index (Phi) is 3.61. The van der Waals surface area contributed by atoms with Crippen LogP contribution in [-0.2, 0) is 19.1 Å². The normalized spacial score (nSPS) is 38.3. The molecular weight excluding hydrogens is 236 g/mol. The van der Waals surface area contributed by atoms with Crippen LogP contribution in [0.25, 0.3) is 0 Å². The number of ether oxygens (including phenoxy) is 2. The SMILES string of the molecule is CCOC(=O)C12CCC(OC(C)=O)C(CC1)C2O. The van der Waals surface area contributed by atoms with Gasteiger partial charge < -0.3 is 14.6 Å². The molecule has 2 fully saturated rings. The van der Waals surface area contributed by atoms with Crippen molar-refractivity contribution in [2.45, 2.75) is 51.7 Å². The molecule has 2 aliphatic rings.